The molecule has 0 saturated carbocycles. The van der Waals surface area contributed by atoms with E-state index in [1.165, 1.54) is 0 Å². The molecule has 0 fully saturated rings. The van der Waals surface area contributed by atoms with Crippen molar-refractivity contribution in [3.8, 4) is 28.0 Å². The fourth-order valence-corrected chi connectivity index (χ4v) is 9.29. The lowest BCUT2D eigenvalue weighted by Gasteiger charge is -2.26. The van der Waals surface area contributed by atoms with Crippen molar-refractivity contribution in [1.82, 2.24) is 0 Å². The predicted octanol–water partition coefficient (Wildman–Crippen LogP) is 9.87. The van der Waals surface area contributed by atoms with Crippen molar-refractivity contribution in [1.29, 1.82) is 0 Å². The second-order valence-corrected chi connectivity index (χ2v) is 14.1. The number of aliphatic hydroxyl groups is 1. The summed E-state index contributed by atoms with van der Waals surface area (Å²) in [6, 6.07) is 62.0. The van der Waals surface area contributed by atoms with E-state index in [1.54, 1.807) is 0 Å². The summed E-state index contributed by atoms with van der Waals surface area (Å²) in [4.78, 5) is 0. The van der Waals surface area contributed by atoms with Gasteiger partial charge in [-0.05, 0) is 74.0 Å². The Morgan fingerprint density at radius 1 is 0.438 bits per heavy atom. The van der Waals surface area contributed by atoms with E-state index in [-0.39, 0.29) is 5.75 Å². The molecule has 8 aromatic carbocycles. The van der Waals surface area contributed by atoms with Crippen LogP contribution in [0.15, 0.2) is 182 Å². The SMILES string of the molecule is Oc1c(P(c2ccccc2)c2ccccc2)cc2ccccc2c1-c1c(C(O)c2ccccc2-c2ccccc2)ccc2ccccc12. The summed E-state index contributed by atoms with van der Waals surface area (Å²) in [7, 11) is -1.11. The van der Waals surface area contributed by atoms with E-state index >= 15 is 0 Å². The summed E-state index contributed by atoms with van der Waals surface area (Å²) < 4.78 is 0. The minimum atomic E-state index is -1.11. The Morgan fingerprint density at radius 3 is 1.62 bits per heavy atom. The van der Waals surface area contributed by atoms with Gasteiger partial charge >= 0.3 is 0 Å². The van der Waals surface area contributed by atoms with Crippen LogP contribution in [0.3, 0.4) is 0 Å². The summed E-state index contributed by atoms with van der Waals surface area (Å²) in [6.45, 7) is 0. The van der Waals surface area contributed by atoms with Gasteiger partial charge in [0.15, 0.2) is 0 Å². The topological polar surface area (TPSA) is 40.5 Å². The molecule has 3 heteroatoms. The largest absolute Gasteiger partial charge is 0.507 e. The normalized spacial score (nSPS) is 12.0. The maximum absolute atomic E-state index is 12.7. The number of fused-ring (bicyclic) bond motifs is 2. The Morgan fingerprint density at radius 2 is 0.958 bits per heavy atom. The van der Waals surface area contributed by atoms with E-state index in [4.69, 9.17) is 0 Å². The van der Waals surface area contributed by atoms with Gasteiger partial charge in [-0.2, -0.15) is 0 Å². The third kappa shape index (κ3) is 5.36. The average molecular weight is 637 g/mol. The average Bonchev–Trinajstić information content (AvgIpc) is 3.16. The van der Waals surface area contributed by atoms with Crippen LogP contribution >= 0.6 is 7.92 Å². The first-order valence-corrected chi connectivity index (χ1v) is 17.5. The van der Waals surface area contributed by atoms with Gasteiger partial charge in [0, 0.05) is 10.9 Å². The van der Waals surface area contributed by atoms with Gasteiger partial charge in [-0.1, -0.05) is 176 Å². The molecule has 0 bridgehead atoms. The molecule has 0 amide bonds. The zero-order valence-corrected chi connectivity index (χ0v) is 27.1. The summed E-state index contributed by atoms with van der Waals surface area (Å²) in [5, 5.41) is 32.4. The van der Waals surface area contributed by atoms with Gasteiger partial charge in [0.05, 0.1) is 0 Å². The molecular weight excluding hydrogens is 603 g/mol. The maximum atomic E-state index is 12.7. The maximum Gasteiger partial charge on any atom is 0.132 e. The molecule has 48 heavy (non-hydrogen) atoms. The van der Waals surface area contributed by atoms with Gasteiger partial charge < -0.3 is 10.2 Å². The quantitative estimate of drug-likeness (QED) is 0.171. The van der Waals surface area contributed by atoms with Gasteiger partial charge in [-0.3, -0.25) is 0 Å². The predicted molar refractivity (Wildman–Crippen MR) is 203 cm³/mol. The lowest BCUT2D eigenvalue weighted by molar-refractivity contribution is 0.221. The molecule has 8 rings (SSSR count). The number of benzene rings is 8. The number of hydrogen-bond acceptors (Lipinski definition) is 2. The first-order chi connectivity index (χ1) is 23.7. The lowest BCUT2D eigenvalue weighted by atomic mass is 9.84. The molecule has 2 nitrogen and oxygen atoms in total. The standard InChI is InChI=1S/C45H33O2P/c46-44(39-27-15-14-24-36(39)31-16-4-1-5-17-31)40-29-28-32-18-10-12-25-37(32)42(40)43-38-26-13-11-19-33(38)30-41(45(43)47)48(34-20-6-2-7-21-34)35-22-8-3-9-23-35/h1-30,44,46-47H. The van der Waals surface area contributed by atoms with Gasteiger partial charge in [0.25, 0.3) is 0 Å². The second-order valence-electron chi connectivity index (χ2n) is 12.0. The number of phenolic OH excluding ortho intramolecular Hbond substituents is 1. The van der Waals surface area contributed by atoms with E-state index in [0.717, 1.165) is 70.8 Å². The number of phenols is 1. The van der Waals surface area contributed by atoms with Crippen LogP contribution in [-0.4, -0.2) is 10.2 Å². The summed E-state index contributed by atoms with van der Waals surface area (Å²) in [5.74, 6) is 0.244. The zero-order valence-electron chi connectivity index (χ0n) is 26.2. The highest BCUT2D eigenvalue weighted by Crippen LogP contribution is 2.48. The van der Waals surface area contributed by atoms with Crippen LogP contribution in [0.2, 0.25) is 0 Å². The Kier molecular flexibility index (Phi) is 8.04. The van der Waals surface area contributed by atoms with Crippen molar-refractivity contribution < 1.29 is 10.2 Å². The monoisotopic (exact) mass is 636 g/mol. The number of rotatable bonds is 7. The zero-order chi connectivity index (χ0) is 32.5. The van der Waals surface area contributed by atoms with Crippen molar-refractivity contribution >= 4 is 45.4 Å². The Balaban J connectivity index is 1.44. The second kappa shape index (κ2) is 12.9. The molecular formula is C45H33O2P. The molecule has 0 aromatic heterocycles. The molecule has 8 aromatic rings. The minimum absolute atomic E-state index is 0.244. The number of aliphatic hydroxyl groups excluding tert-OH is 1. The Bertz CT molecular complexity index is 2330. The van der Waals surface area contributed by atoms with Crippen LogP contribution in [-0.2, 0) is 0 Å². The number of hydrogen-bond donors (Lipinski definition) is 2. The fourth-order valence-electron chi connectivity index (χ4n) is 6.91. The molecule has 1 atom stereocenters. The Labute approximate surface area is 282 Å². The van der Waals surface area contributed by atoms with Crippen molar-refractivity contribution in [3.05, 3.63) is 193 Å². The smallest absolute Gasteiger partial charge is 0.132 e. The first-order valence-electron chi connectivity index (χ1n) is 16.2. The molecule has 0 aliphatic carbocycles. The van der Waals surface area contributed by atoms with E-state index in [2.05, 4.69) is 109 Å². The van der Waals surface area contributed by atoms with Crippen LogP contribution in [0.25, 0.3) is 43.8 Å². The van der Waals surface area contributed by atoms with Crippen molar-refractivity contribution in [2.24, 2.45) is 0 Å². The molecule has 0 aliphatic heterocycles. The minimum Gasteiger partial charge on any atom is -0.507 e. The lowest BCUT2D eigenvalue weighted by Crippen LogP contribution is -2.21. The molecule has 230 valence electrons. The summed E-state index contributed by atoms with van der Waals surface area (Å²) >= 11 is 0. The highest BCUT2D eigenvalue weighted by atomic mass is 31.1. The summed E-state index contributed by atoms with van der Waals surface area (Å²) in [5.41, 5.74) is 5.17. The van der Waals surface area contributed by atoms with Crippen molar-refractivity contribution in [2.45, 2.75) is 6.10 Å². The summed E-state index contributed by atoms with van der Waals surface area (Å²) in [6.07, 6.45) is -0.951. The van der Waals surface area contributed by atoms with E-state index in [0.29, 0.717) is 0 Å². The van der Waals surface area contributed by atoms with Gasteiger partial charge in [0.2, 0.25) is 0 Å². The van der Waals surface area contributed by atoms with Gasteiger partial charge in [-0.25, -0.2) is 0 Å². The van der Waals surface area contributed by atoms with Gasteiger partial charge in [-0.15, -0.1) is 0 Å². The molecule has 2 N–H and O–H groups in total. The van der Waals surface area contributed by atoms with Crippen LogP contribution in [0.1, 0.15) is 17.2 Å². The molecule has 0 saturated heterocycles. The van der Waals surface area contributed by atoms with E-state index < -0.39 is 14.0 Å². The molecule has 0 heterocycles. The van der Waals surface area contributed by atoms with Crippen LogP contribution in [0.5, 0.6) is 5.75 Å². The van der Waals surface area contributed by atoms with Crippen LogP contribution < -0.4 is 15.9 Å². The molecule has 0 radical (unpaired) electrons. The van der Waals surface area contributed by atoms with E-state index in [1.807, 2.05) is 72.8 Å². The highest BCUT2D eigenvalue weighted by Gasteiger charge is 2.28. The number of aromatic hydroxyl groups is 1. The molecule has 0 spiro atoms. The van der Waals surface area contributed by atoms with Crippen LogP contribution in [0, 0.1) is 0 Å². The fraction of sp³-hybridized carbons (Fsp3) is 0.0222. The molecule has 0 aliphatic rings. The Hall–Kier alpha value is -5.53. The first kappa shape index (κ1) is 29.8. The van der Waals surface area contributed by atoms with E-state index in [9.17, 15) is 10.2 Å². The van der Waals surface area contributed by atoms with Gasteiger partial charge in [0.1, 0.15) is 11.9 Å². The third-order valence-corrected chi connectivity index (χ3v) is 11.6. The van der Waals surface area contributed by atoms with Crippen molar-refractivity contribution in [3.63, 3.8) is 0 Å². The third-order valence-electron chi connectivity index (χ3n) is 9.12. The van der Waals surface area contributed by atoms with Crippen molar-refractivity contribution in [2.75, 3.05) is 0 Å². The van der Waals surface area contributed by atoms with Crippen LogP contribution in [0.4, 0.5) is 0 Å². The molecule has 1 unspecified atom stereocenters. The highest BCUT2D eigenvalue weighted by molar-refractivity contribution is 7.80.